The standard InChI is InChI=1S/C14H19NO4/c1-14(6-7-19-9-14)15-13(16)11-5-4-10(17-2)8-12(11)18-3/h4-5,8H,6-7,9H2,1-3H3,(H,15,16). The fraction of sp³-hybridized carbons (Fsp3) is 0.500. The van der Waals surface area contributed by atoms with Gasteiger partial charge in [-0.25, -0.2) is 0 Å². The molecule has 2 rings (SSSR count). The molecule has 0 radical (unpaired) electrons. The molecule has 1 saturated heterocycles. The number of hydrogen-bond acceptors (Lipinski definition) is 4. The van der Waals surface area contributed by atoms with Crippen molar-refractivity contribution in [3.63, 3.8) is 0 Å². The van der Waals surface area contributed by atoms with Gasteiger partial charge in [0.25, 0.3) is 5.91 Å². The van der Waals surface area contributed by atoms with Crippen molar-refractivity contribution in [1.82, 2.24) is 5.32 Å². The van der Waals surface area contributed by atoms with Crippen molar-refractivity contribution in [2.24, 2.45) is 0 Å². The van der Waals surface area contributed by atoms with Crippen LogP contribution in [0.2, 0.25) is 0 Å². The molecule has 1 unspecified atom stereocenters. The van der Waals surface area contributed by atoms with Crippen LogP contribution in [0, 0.1) is 0 Å². The number of methoxy groups -OCH3 is 2. The highest BCUT2D eigenvalue weighted by Crippen LogP contribution is 2.26. The van der Waals surface area contributed by atoms with Gasteiger partial charge in [0.05, 0.1) is 31.9 Å². The van der Waals surface area contributed by atoms with Gasteiger partial charge in [0.1, 0.15) is 11.5 Å². The zero-order valence-corrected chi connectivity index (χ0v) is 11.5. The molecule has 5 heteroatoms. The Bertz CT molecular complexity index is 467. The van der Waals surface area contributed by atoms with E-state index in [0.29, 0.717) is 30.3 Å². The van der Waals surface area contributed by atoms with Gasteiger partial charge in [0.2, 0.25) is 0 Å². The zero-order valence-electron chi connectivity index (χ0n) is 11.5. The summed E-state index contributed by atoms with van der Waals surface area (Å²) >= 11 is 0. The van der Waals surface area contributed by atoms with E-state index in [-0.39, 0.29) is 11.4 Å². The molecule has 1 N–H and O–H groups in total. The zero-order chi connectivity index (χ0) is 13.9. The van der Waals surface area contributed by atoms with Crippen molar-refractivity contribution in [3.8, 4) is 11.5 Å². The largest absolute Gasteiger partial charge is 0.497 e. The lowest BCUT2D eigenvalue weighted by atomic mass is 10.0. The molecule has 1 aromatic rings. The smallest absolute Gasteiger partial charge is 0.255 e. The Morgan fingerprint density at radius 3 is 2.74 bits per heavy atom. The number of carbonyl (C=O) groups excluding carboxylic acids is 1. The first kappa shape index (κ1) is 13.7. The lowest BCUT2D eigenvalue weighted by molar-refractivity contribution is 0.0887. The predicted molar refractivity (Wildman–Crippen MR) is 70.9 cm³/mol. The van der Waals surface area contributed by atoms with E-state index in [2.05, 4.69) is 5.32 Å². The van der Waals surface area contributed by atoms with Crippen LogP contribution in [0.4, 0.5) is 0 Å². The number of carbonyl (C=O) groups is 1. The number of ether oxygens (including phenoxy) is 3. The van der Waals surface area contributed by atoms with E-state index in [1.54, 1.807) is 25.3 Å². The molecule has 5 nitrogen and oxygen atoms in total. The molecule has 0 aliphatic carbocycles. The number of hydrogen-bond donors (Lipinski definition) is 1. The van der Waals surface area contributed by atoms with Crippen LogP contribution >= 0.6 is 0 Å². The Kier molecular flexibility index (Phi) is 3.95. The number of rotatable bonds is 4. The van der Waals surface area contributed by atoms with Gasteiger partial charge in [-0.05, 0) is 25.5 Å². The maximum Gasteiger partial charge on any atom is 0.255 e. The second kappa shape index (κ2) is 5.48. The summed E-state index contributed by atoms with van der Waals surface area (Å²) in [5.74, 6) is 0.996. The summed E-state index contributed by atoms with van der Waals surface area (Å²) in [6.45, 7) is 3.20. The van der Waals surface area contributed by atoms with Gasteiger partial charge in [-0.3, -0.25) is 4.79 Å². The third-order valence-corrected chi connectivity index (χ3v) is 3.29. The summed E-state index contributed by atoms with van der Waals surface area (Å²) in [6, 6.07) is 5.14. The number of nitrogens with one attached hydrogen (secondary N) is 1. The Morgan fingerprint density at radius 2 is 2.16 bits per heavy atom. The van der Waals surface area contributed by atoms with E-state index in [0.717, 1.165) is 6.42 Å². The minimum Gasteiger partial charge on any atom is -0.497 e. The first-order valence-electron chi connectivity index (χ1n) is 6.20. The van der Waals surface area contributed by atoms with Gasteiger partial charge >= 0.3 is 0 Å². The van der Waals surface area contributed by atoms with Crippen LogP contribution in [0.15, 0.2) is 18.2 Å². The molecule has 1 aliphatic rings. The fourth-order valence-corrected chi connectivity index (χ4v) is 2.09. The first-order valence-corrected chi connectivity index (χ1v) is 6.20. The van der Waals surface area contributed by atoms with Crippen molar-refractivity contribution < 1.29 is 19.0 Å². The van der Waals surface area contributed by atoms with E-state index in [9.17, 15) is 4.79 Å². The molecule has 1 heterocycles. The summed E-state index contributed by atoms with van der Waals surface area (Å²) < 4.78 is 15.7. The highest BCUT2D eigenvalue weighted by Gasteiger charge is 2.32. The minimum absolute atomic E-state index is 0.160. The molecule has 104 valence electrons. The maximum absolute atomic E-state index is 12.3. The summed E-state index contributed by atoms with van der Waals surface area (Å²) in [7, 11) is 3.11. The quantitative estimate of drug-likeness (QED) is 0.898. The van der Waals surface area contributed by atoms with E-state index in [1.165, 1.54) is 7.11 Å². The van der Waals surface area contributed by atoms with Crippen molar-refractivity contribution in [3.05, 3.63) is 23.8 Å². The van der Waals surface area contributed by atoms with Crippen LogP contribution in [0.1, 0.15) is 23.7 Å². The van der Waals surface area contributed by atoms with Crippen molar-refractivity contribution in [1.29, 1.82) is 0 Å². The minimum atomic E-state index is -0.304. The third-order valence-electron chi connectivity index (χ3n) is 3.29. The van der Waals surface area contributed by atoms with Crippen LogP contribution in [0.5, 0.6) is 11.5 Å². The van der Waals surface area contributed by atoms with Gasteiger partial charge in [-0.15, -0.1) is 0 Å². The van der Waals surface area contributed by atoms with E-state index < -0.39 is 0 Å². The SMILES string of the molecule is COc1ccc(C(=O)NC2(C)CCOC2)c(OC)c1. The molecule has 19 heavy (non-hydrogen) atoms. The molecular weight excluding hydrogens is 246 g/mol. The van der Waals surface area contributed by atoms with Gasteiger partial charge < -0.3 is 19.5 Å². The molecule has 0 bridgehead atoms. The highest BCUT2D eigenvalue weighted by atomic mass is 16.5. The highest BCUT2D eigenvalue weighted by molar-refractivity contribution is 5.97. The first-order chi connectivity index (χ1) is 9.08. The van der Waals surface area contributed by atoms with Gasteiger partial charge in [-0.1, -0.05) is 0 Å². The normalized spacial score (nSPS) is 22.1. The Morgan fingerprint density at radius 1 is 1.37 bits per heavy atom. The molecule has 1 aromatic carbocycles. The van der Waals surface area contributed by atoms with Gasteiger partial charge in [0.15, 0.2) is 0 Å². The summed E-state index contributed by atoms with van der Waals surface area (Å²) in [5, 5.41) is 3.00. The van der Waals surface area contributed by atoms with E-state index in [1.807, 2.05) is 6.92 Å². The Labute approximate surface area is 112 Å². The lowest BCUT2D eigenvalue weighted by Gasteiger charge is -2.24. The summed E-state index contributed by atoms with van der Waals surface area (Å²) in [5.41, 5.74) is 0.193. The number of amides is 1. The van der Waals surface area contributed by atoms with Crippen LogP contribution in [0.25, 0.3) is 0 Å². The molecule has 0 spiro atoms. The molecule has 1 atom stereocenters. The van der Waals surface area contributed by atoms with Crippen molar-refractivity contribution in [2.45, 2.75) is 18.9 Å². The predicted octanol–water partition coefficient (Wildman–Crippen LogP) is 1.61. The van der Waals surface area contributed by atoms with E-state index in [4.69, 9.17) is 14.2 Å². The van der Waals surface area contributed by atoms with Crippen LogP contribution in [-0.4, -0.2) is 38.9 Å². The second-order valence-electron chi connectivity index (χ2n) is 4.88. The summed E-state index contributed by atoms with van der Waals surface area (Å²) in [6.07, 6.45) is 0.817. The van der Waals surface area contributed by atoms with Gasteiger partial charge in [0, 0.05) is 12.7 Å². The molecule has 1 amide bonds. The monoisotopic (exact) mass is 265 g/mol. The molecule has 0 aromatic heterocycles. The average molecular weight is 265 g/mol. The Hall–Kier alpha value is -1.75. The average Bonchev–Trinajstić information content (AvgIpc) is 2.84. The summed E-state index contributed by atoms with van der Waals surface area (Å²) in [4.78, 5) is 12.3. The second-order valence-corrected chi connectivity index (χ2v) is 4.88. The third kappa shape index (κ3) is 2.98. The lowest BCUT2D eigenvalue weighted by Crippen LogP contribution is -2.46. The molecule has 1 fully saturated rings. The van der Waals surface area contributed by atoms with Crippen LogP contribution < -0.4 is 14.8 Å². The van der Waals surface area contributed by atoms with Crippen molar-refractivity contribution in [2.75, 3.05) is 27.4 Å². The topological polar surface area (TPSA) is 56.8 Å². The maximum atomic E-state index is 12.3. The fourth-order valence-electron chi connectivity index (χ4n) is 2.09. The van der Waals surface area contributed by atoms with Crippen molar-refractivity contribution >= 4 is 5.91 Å². The van der Waals surface area contributed by atoms with Gasteiger partial charge in [-0.2, -0.15) is 0 Å². The molecular formula is C14H19NO4. The Balaban J connectivity index is 2.18. The molecule has 0 saturated carbocycles. The van der Waals surface area contributed by atoms with Crippen LogP contribution in [-0.2, 0) is 4.74 Å². The van der Waals surface area contributed by atoms with E-state index >= 15 is 0 Å². The molecule has 1 aliphatic heterocycles. The van der Waals surface area contributed by atoms with Crippen LogP contribution in [0.3, 0.4) is 0 Å². The number of benzene rings is 1.